The normalized spacial score (nSPS) is 13.1. The largest absolute Gasteiger partial charge is 0.349 e. The summed E-state index contributed by atoms with van der Waals surface area (Å²) in [4.78, 5) is 38.8. The van der Waals surface area contributed by atoms with Gasteiger partial charge in [-0.05, 0) is 63.1 Å². The van der Waals surface area contributed by atoms with Crippen molar-refractivity contribution in [2.24, 2.45) is 0 Å². The molecule has 2 aromatic rings. The van der Waals surface area contributed by atoms with Gasteiger partial charge in [0, 0.05) is 11.7 Å². The molecular weight excluding hydrogens is 380 g/mol. The first-order chi connectivity index (χ1) is 14.3. The first kappa shape index (κ1) is 21.5. The predicted molar refractivity (Wildman–Crippen MR) is 118 cm³/mol. The topological polar surface area (TPSA) is 90.5 Å². The molecule has 0 heterocycles. The molecule has 30 heavy (non-hydrogen) atoms. The minimum atomic E-state index is -0.288. The molecule has 0 atom stereocenters. The Hall–Kier alpha value is -3.19. The van der Waals surface area contributed by atoms with Crippen LogP contribution in [0.4, 0.5) is 11.4 Å². The summed E-state index contributed by atoms with van der Waals surface area (Å²) in [5.74, 6) is -0.665. The smallest absolute Gasteiger partial charge is 0.253 e. The Bertz CT molecular complexity index is 953. The van der Waals surface area contributed by atoms with Crippen LogP contribution in [-0.4, -0.2) is 48.8 Å². The molecule has 1 saturated carbocycles. The summed E-state index contributed by atoms with van der Waals surface area (Å²) >= 11 is 0. The first-order valence-electron chi connectivity index (χ1n) is 10.1. The Labute approximate surface area is 176 Å². The molecule has 3 amide bonds. The van der Waals surface area contributed by atoms with E-state index in [0.717, 1.165) is 29.7 Å². The van der Waals surface area contributed by atoms with Gasteiger partial charge >= 0.3 is 0 Å². The lowest BCUT2D eigenvalue weighted by atomic mass is 10.1. The van der Waals surface area contributed by atoms with Gasteiger partial charge in [-0.2, -0.15) is 0 Å². The van der Waals surface area contributed by atoms with Crippen molar-refractivity contribution in [3.8, 4) is 0 Å². The minimum Gasteiger partial charge on any atom is -0.349 e. The number of carbonyl (C=O) groups is 3. The molecule has 0 saturated heterocycles. The maximum atomic E-state index is 12.5. The third kappa shape index (κ3) is 5.90. The number of amides is 3. The molecule has 0 spiro atoms. The van der Waals surface area contributed by atoms with Gasteiger partial charge in [-0.15, -0.1) is 0 Å². The van der Waals surface area contributed by atoms with E-state index in [2.05, 4.69) is 16.0 Å². The van der Waals surface area contributed by atoms with Gasteiger partial charge in [0.1, 0.15) is 0 Å². The highest BCUT2D eigenvalue weighted by Gasteiger charge is 2.25. The van der Waals surface area contributed by atoms with E-state index in [4.69, 9.17) is 0 Å². The number of anilines is 2. The summed E-state index contributed by atoms with van der Waals surface area (Å²) in [6, 6.07) is 12.9. The molecule has 1 aliphatic carbocycles. The number of hydrogen-bond acceptors (Lipinski definition) is 4. The maximum Gasteiger partial charge on any atom is 0.253 e. The van der Waals surface area contributed by atoms with Crippen molar-refractivity contribution in [2.75, 3.05) is 30.8 Å². The Kier molecular flexibility index (Phi) is 6.84. The van der Waals surface area contributed by atoms with Crippen molar-refractivity contribution in [1.82, 2.24) is 10.2 Å². The second-order valence-corrected chi connectivity index (χ2v) is 7.81. The van der Waals surface area contributed by atoms with Gasteiger partial charge in [0.05, 0.1) is 24.3 Å². The number of nitrogens with one attached hydrogen (secondary N) is 3. The Balaban J connectivity index is 1.53. The van der Waals surface area contributed by atoms with Crippen molar-refractivity contribution >= 4 is 29.1 Å². The average Bonchev–Trinajstić information content (AvgIpc) is 3.49. The summed E-state index contributed by atoms with van der Waals surface area (Å²) in [6.45, 7) is 4.05. The number of rotatable bonds is 8. The van der Waals surface area contributed by atoms with Crippen molar-refractivity contribution in [1.29, 1.82) is 0 Å². The van der Waals surface area contributed by atoms with Crippen LogP contribution < -0.4 is 16.0 Å². The Morgan fingerprint density at radius 3 is 2.17 bits per heavy atom. The van der Waals surface area contributed by atoms with Crippen LogP contribution in [0.5, 0.6) is 0 Å². The number of likely N-dealkylation sites (N-methyl/N-ethyl adjacent to an activating group) is 1. The van der Waals surface area contributed by atoms with Gasteiger partial charge in [0.2, 0.25) is 11.8 Å². The lowest BCUT2D eigenvalue weighted by Crippen LogP contribution is -2.36. The monoisotopic (exact) mass is 408 g/mol. The summed E-state index contributed by atoms with van der Waals surface area (Å²) in [6.07, 6.45) is 1.99. The molecule has 158 valence electrons. The van der Waals surface area contributed by atoms with E-state index < -0.39 is 0 Å². The summed E-state index contributed by atoms with van der Waals surface area (Å²) in [5.41, 5.74) is 3.80. The van der Waals surface area contributed by atoms with E-state index in [1.165, 1.54) is 0 Å². The molecular formula is C23H28N4O3. The molecule has 3 N–H and O–H groups in total. The third-order valence-electron chi connectivity index (χ3n) is 5.06. The summed E-state index contributed by atoms with van der Waals surface area (Å²) in [5, 5.41) is 8.60. The highest BCUT2D eigenvalue weighted by Crippen LogP contribution is 2.21. The number of aryl methyl sites for hydroxylation is 1. The molecule has 0 radical (unpaired) electrons. The van der Waals surface area contributed by atoms with Crippen molar-refractivity contribution in [3.05, 3.63) is 59.2 Å². The van der Waals surface area contributed by atoms with Gasteiger partial charge in [-0.3, -0.25) is 19.3 Å². The lowest BCUT2D eigenvalue weighted by molar-refractivity contribution is -0.119. The Morgan fingerprint density at radius 2 is 1.50 bits per heavy atom. The van der Waals surface area contributed by atoms with Crippen molar-refractivity contribution in [3.63, 3.8) is 0 Å². The van der Waals surface area contributed by atoms with E-state index in [0.29, 0.717) is 11.3 Å². The van der Waals surface area contributed by atoms with Crippen LogP contribution >= 0.6 is 0 Å². The van der Waals surface area contributed by atoms with E-state index in [9.17, 15) is 14.4 Å². The fourth-order valence-corrected chi connectivity index (χ4v) is 3.09. The van der Waals surface area contributed by atoms with Crippen molar-refractivity contribution < 1.29 is 14.4 Å². The van der Waals surface area contributed by atoms with E-state index in [1.807, 2.05) is 32.0 Å². The minimum absolute atomic E-state index is 0.0266. The van der Waals surface area contributed by atoms with Gasteiger partial charge in [-0.1, -0.05) is 24.3 Å². The average molecular weight is 409 g/mol. The van der Waals surface area contributed by atoms with Gasteiger partial charge in [0.25, 0.3) is 5.91 Å². The number of hydrogen-bond donors (Lipinski definition) is 3. The molecule has 3 rings (SSSR count). The molecule has 0 aliphatic heterocycles. The van der Waals surface area contributed by atoms with Crippen LogP contribution in [0.3, 0.4) is 0 Å². The van der Waals surface area contributed by atoms with Crippen LogP contribution in [0.2, 0.25) is 0 Å². The second-order valence-electron chi connectivity index (χ2n) is 7.81. The van der Waals surface area contributed by atoms with Crippen LogP contribution in [-0.2, 0) is 9.59 Å². The molecule has 2 aromatic carbocycles. The number of para-hydroxylation sites is 1. The van der Waals surface area contributed by atoms with E-state index >= 15 is 0 Å². The molecule has 0 bridgehead atoms. The first-order valence-corrected chi connectivity index (χ1v) is 10.1. The zero-order chi connectivity index (χ0) is 21.7. The molecule has 1 fully saturated rings. The quantitative estimate of drug-likeness (QED) is 0.626. The molecule has 7 heteroatoms. The van der Waals surface area contributed by atoms with Crippen LogP contribution in [0.25, 0.3) is 0 Å². The third-order valence-corrected chi connectivity index (χ3v) is 5.06. The lowest BCUT2D eigenvalue weighted by Gasteiger charge is -2.18. The highest BCUT2D eigenvalue weighted by atomic mass is 16.2. The zero-order valence-corrected chi connectivity index (χ0v) is 17.6. The van der Waals surface area contributed by atoms with Crippen LogP contribution in [0.1, 0.15) is 34.3 Å². The van der Waals surface area contributed by atoms with Gasteiger partial charge in [-0.25, -0.2) is 0 Å². The number of carbonyl (C=O) groups excluding carboxylic acids is 3. The predicted octanol–water partition coefficient (Wildman–Crippen LogP) is 2.70. The van der Waals surface area contributed by atoms with Crippen LogP contribution in [0.15, 0.2) is 42.5 Å². The summed E-state index contributed by atoms with van der Waals surface area (Å²) in [7, 11) is 1.70. The molecule has 1 aliphatic rings. The standard InChI is InChI=1S/C23H28N4O3/c1-15-7-6-10-19(16(15)2)25-21(28)13-27(3)14-22(29)26-20-9-5-4-8-18(20)23(30)24-17-11-12-17/h4-10,17H,11-14H2,1-3H3,(H,24,30)(H,25,28)(H,26,29). The fraction of sp³-hybridized carbons (Fsp3) is 0.348. The number of nitrogens with zero attached hydrogens (tertiary/aromatic N) is 1. The van der Waals surface area contributed by atoms with Gasteiger partial charge in [0.15, 0.2) is 0 Å². The molecule has 7 nitrogen and oxygen atoms in total. The van der Waals surface area contributed by atoms with Crippen molar-refractivity contribution in [2.45, 2.75) is 32.7 Å². The molecule has 0 aromatic heterocycles. The van der Waals surface area contributed by atoms with E-state index in [-0.39, 0.29) is 36.9 Å². The fourth-order valence-electron chi connectivity index (χ4n) is 3.09. The zero-order valence-electron chi connectivity index (χ0n) is 17.6. The van der Waals surface area contributed by atoms with E-state index in [1.54, 1.807) is 36.2 Å². The second kappa shape index (κ2) is 9.54. The van der Waals surface area contributed by atoms with Crippen LogP contribution in [0, 0.1) is 13.8 Å². The SMILES string of the molecule is Cc1cccc(NC(=O)CN(C)CC(=O)Nc2ccccc2C(=O)NC2CC2)c1C. The molecule has 0 unspecified atom stereocenters. The summed E-state index contributed by atoms with van der Waals surface area (Å²) < 4.78 is 0. The Morgan fingerprint density at radius 1 is 0.900 bits per heavy atom. The number of benzene rings is 2. The van der Waals surface area contributed by atoms with Gasteiger partial charge < -0.3 is 16.0 Å². The maximum absolute atomic E-state index is 12.5. The highest BCUT2D eigenvalue weighted by molar-refractivity contribution is 6.04.